The summed E-state index contributed by atoms with van der Waals surface area (Å²) >= 11 is 17.5. The number of anilines is 1. The van der Waals surface area contributed by atoms with E-state index in [0.717, 1.165) is 18.7 Å². The molecule has 1 saturated heterocycles. The summed E-state index contributed by atoms with van der Waals surface area (Å²) in [7, 11) is 3.51. The van der Waals surface area contributed by atoms with Crippen molar-refractivity contribution < 1.29 is 4.74 Å². The Morgan fingerprint density at radius 1 is 1.31 bits per heavy atom. The third-order valence-electron chi connectivity index (χ3n) is 4.90. The molecular formula is C19H22Cl2N6OS. The molecule has 0 saturated carbocycles. The first kappa shape index (κ1) is 21.8. The second-order valence-electron chi connectivity index (χ2n) is 6.91. The maximum absolute atomic E-state index is 9.51. The van der Waals surface area contributed by atoms with Gasteiger partial charge < -0.3 is 19.6 Å². The third kappa shape index (κ3) is 4.82. The summed E-state index contributed by atoms with van der Waals surface area (Å²) in [5.74, 6) is 0.306. The summed E-state index contributed by atoms with van der Waals surface area (Å²) in [5.41, 5.74) is 7.92. The molecule has 0 radical (unpaired) electrons. The van der Waals surface area contributed by atoms with Crippen LogP contribution in [0.15, 0.2) is 23.2 Å². The van der Waals surface area contributed by atoms with E-state index in [1.54, 1.807) is 23.2 Å². The molecule has 0 spiro atoms. The van der Waals surface area contributed by atoms with Gasteiger partial charge in [-0.1, -0.05) is 29.3 Å². The van der Waals surface area contributed by atoms with Gasteiger partial charge in [0.2, 0.25) is 0 Å². The normalized spacial score (nSPS) is 18.0. The van der Waals surface area contributed by atoms with Crippen LogP contribution >= 0.6 is 35.4 Å². The lowest BCUT2D eigenvalue weighted by Crippen LogP contribution is -2.43. The molecule has 0 aliphatic carbocycles. The summed E-state index contributed by atoms with van der Waals surface area (Å²) < 4.78 is 9.66. The van der Waals surface area contributed by atoms with E-state index in [1.807, 2.05) is 18.2 Å². The number of nitrogens with zero attached hydrogens (tertiary/aromatic N) is 5. The van der Waals surface area contributed by atoms with Crippen molar-refractivity contribution in [3.63, 3.8) is 0 Å². The minimum atomic E-state index is -0.0955. The highest BCUT2D eigenvalue weighted by atomic mass is 35.5. The van der Waals surface area contributed by atoms with Crippen LogP contribution in [0.2, 0.25) is 10.0 Å². The molecule has 0 amide bonds. The van der Waals surface area contributed by atoms with Crippen LogP contribution in [0.5, 0.6) is 0 Å². The maximum atomic E-state index is 9.51. The zero-order valence-corrected chi connectivity index (χ0v) is 18.6. The maximum Gasteiger partial charge on any atom is 0.182 e. The fourth-order valence-electron chi connectivity index (χ4n) is 3.28. The predicted octanol–water partition coefficient (Wildman–Crippen LogP) is 2.66. The van der Waals surface area contributed by atoms with Crippen LogP contribution < -0.4 is 11.2 Å². The summed E-state index contributed by atoms with van der Waals surface area (Å²) in [6.07, 6.45) is -0.0955. The molecule has 154 valence electrons. The van der Waals surface area contributed by atoms with Crippen LogP contribution in [-0.2, 0) is 25.4 Å². The number of benzene rings is 1. The van der Waals surface area contributed by atoms with Crippen LogP contribution in [-0.4, -0.2) is 46.4 Å². The molecule has 10 heteroatoms. The smallest absolute Gasteiger partial charge is 0.182 e. The van der Waals surface area contributed by atoms with Crippen molar-refractivity contribution in [1.29, 1.82) is 5.26 Å². The molecule has 2 heterocycles. The van der Waals surface area contributed by atoms with Crippen molar-refractivity contribution in [2.45, 2.75) is 12.6 Å². The SMILES string of the molecule is Cn1c(N)c(C#N)c(=NCC2CN(Cc3ccc(Cl)c(Cl)c3)CCO2)n(C)c1=S. The molecular weight excluding hydrogens is 431 g/mol. The Morgan fingerprint density at radius 2 is 2.07 bits per heavy atom. The van der Waals surface area contributed by atoms with E-state index in [4.69, 9.17) is 45.9 Å². The van der Waals surface area contributed by atoms with E-state index in [0.29, 0.717) is 51.4 Å². The Balaban J connectivity index is 1.77. The first-order valence-electron chi connectivity index (χ1n) is 9.05. The molecule has 1 atom stereocenters. The Hall–Kier alpha value is -1.89. The highest BCUT2D eigenvalue weighted by molar-refractivity contribution is 7.71. The number of ether oxygens (including phenoxy) is 1. The lowest BCUT2D eigenvalue weighted by atomic mass is 10.2. The summed E-state index contributed by atoms with van der Waals surface area (Å²) in [6.45, 7) is 3.29. The van der Waals surface area contributed by atoms with Gasteiger partial charge in [0, 0.05) is 33.7 Å². The Bertz CT molecular complexity index is 1090. The number of rotatable bonds is 4. The number of nitriles is 1. The van der Waals surface area contributed by atoms with Crippen molar-refractivity contribution in [3.05, 3.63) is 49.6 Å². The first-order chi connectivity index (χ1) is 13.8. The average molecular weight is 453 g/mol. The fourth-order valence-corrected chi connectivity index (χ4v) is 3.79. The van der Waals surface area contributed by atoms with Crippen LogP contribution in [0.1, 0.15) is 11.1 Å². The monoisotopic (exact) mass is 452 g/mol. The summed E-state index contributed by atoms with van der Waals surface area (Å²) in [5, 5.41) is 10.6. The van der Waals surface area contributed by atoms with Gasteiger partial charge in [-0.15, -0.1) is 0 Å². The molecule has 0 bridgehead atoms. The molecule has 1 fully saturated rings. The Kier molecular flexibility index (Phi) is 6.98. The van der Waals surface area contributed by atoms with Crippen LogP contribution in [0.3, 0.4) is 0 Å². The van der Waals surface area contributed by atoms with Crippen molar-refractivity contribution >= 4 is 41.2 Å². The van der Waals surface area contributed by atoms with Crippen LogP contribution in [0.4, 0.5) is 5.82 Å². The van der Waals surface area contributed by atoms with Crippen LogP contribution in [0.25, 0.3) is 0 Å². The number of nitrogen functional groups attached to an aromatic ring is 1. The number of halogens is 2. The van der Waals surface area contributed by atoms with E-state index in [1.165, 1.54) is 0 Å². The van der Waals surface area contributed by atoms with Gasteiger partial charge in [-0.25, -0.2) is 0 Å². The second kappa shape index (κ2) is 9.28. The fraction of sp³-hybridized carbons (Fsp3) is 0.421. The highest BCUT2D eigenvalue weighted by Crippen LogP contribution is 2.23. The predicted molar refractivity (Wildman–Crippen MR) is 116 cm³/mol. The third-order valence-corrected chi connectivity index (χ3v) is 6.19. The zero-order valence-electron chi connectivity index (χ0n) is 16.2. The molecule has 1 aliphatic rings. The molecule has 3 rings (SSSR count). The second-order valence-corrected chi connectivity index (χ2v) is 8.09. The molecule has 29 heavy (non-hydrogen) atoms. The topological polar surface area (TPSA) is 84.5 Å². The molecule has 1 aromatic carbocycles. The van der Waals surface area contributed by atoms with Crippen LogP contribution in [0, 0.1) is 16.1 Å². The van der Waals surface area contributed by atoms with Gasteiger partial charge >= 0.3 is 0 Å². The van der Waals surface area contributed by atoms with Crippen molar-refractivity contribution in [2.75, 3.05) is 32.0 Å². The van der Waals surface area contributed by atoms with E-state index in [9.17, 15) is 5.26 Å². The summed E-state index contributed by atoms with van der Waals surface area (Å²) in [4.78, 5) is 6.90. The van der Waals surface area contributed by atoms with E-state index in [-0.39, 0.29) is 6.10 Å². The van der Waals surface area contributed by atoms with E-state index in [2.05, 4.69) is 16.0 Å². The highest BCUT2D eigenvalue weighted by Gasteiger charge is 2.21. The lowest BCUT2D eigenvalue weighted by molar-refractivity contribution is -0.0262. The molecule has 7 nitrogen and oxygen atoms in total. The molecule has 2 aromatic rings. The largest absolute Gasteiger partial charge is 0.384 e. The number of hydrogen-bond acceptors (Lipinski definition) is 6. The lowest BCUT2D eigenvalue weighted by Gasteiger charge is -2.32. The molecule has 1 aliphatic heterocycles. The van der Waals surface area contributed by atoms with E-state index < -0.39 is 0 Å². The number of nitrogens with two attached hydrogens (primary N) is 1. The Morgan fingerprint density at radius 3 is 2.76 bits per heavy atom. The molecule has 2 N–H and O–H groups in total. The number of morpholine rings is 1. The average Bonchev–Trinajstić information content (AvgIpc) is 2.71. The Labute approximate surface area is 184 Å². The van der Waals surface area contributed by atoms with E-state index >= 15 is 0 Å². The van der Waals surface area contributed by atoms with Crippen molar-refractivity contribution in [3.8, 4) is 6.07 Å². The van der Waals surface area contributed by atoms with Crippen molar-refractivity contribution in [2.24, 2.45) is 19.1 Å². The molecule has 1 unspecified atom stereocenters. The van der Waals surface area contributed by atoms with Gasteiger partial charge in [0.15, 0.2) is 10.3 Å². The van der Waals surface area contributed by atoms with Crippen molar-refractivity contribution in [1.82, 2.24) is 14.0 Å². The zero-order chi connectivity index (χ0) is 21.1. The van der Waals surface area contributed by atoms with Gasteiger partial charge in [0.05, 0.1) is 29.3 Å². The molecule has 1 aromatic heterocycles. The minimum Gasteiger partial charge on any atom is -0.384 e. The minimum absolute atomic E-state index is 0.0955. The van der Waals surface area contributed by atoms with Gasteiger partial charge in [-0.05, 0) is 29.9 Å². The van der Waals surface area contributed by atoms with Gasteiger partial charge in [0.1, 0.15) is 17.5 Å². The van der Waals surface area contributed by atoms with Gasteiger partial charge in [-0.2, -0.15) is 5.26 Å². The standard InChI is InChI=1S/C19H22Cl2N6OS/c1-25-17(23)14(8-22)18(26(2)19(25)29)24-9-13-11-27(5-6-28-13)10-12-3-4-15(20)16(21)7-12/h3-4,7,13H,5-6,9-11,23H2,1-2H3. The summed E-state index contributed by atoms with van der Waals surface area (Å²) in [6, 6.07) is 7.80. The van der Waals surface area contributed by atoms with Gasteiger partial charge in [-0.3, -0.25) is 9.89 Å². The quantitative estimate of drug-likeness (QED) is 0.720. The number of aromatic nitrogens is 2. The van der Waals surface area contributed by atoms with Gasteiger partial charge in [0.25, 0.3) is 0 Å². The first-order valence-corrected chi connectivity index (χ1v) is 10.2. The number of hydrogen-bond donors (Lipinski definition) is 1.